The predicted octanol–water partition coefficient (Wildman–Crippen LogP) is 3.64. The van der Waals surface area contributed by atoms with Gasteiger partial charge in [-0.05, 0) is 48.2 Å². The van der Waals surface area contributed by atoms with E-state index >= 15 is 0 Å². The van der Waals surface area contributed by atoms with Crippen LogP contribution in [0.2, 0.25) is 5.02 Å². The van der Waals surface area contributed by atoms with E-state index in [0.29, 0.717) is 11.4 Å². The summed E-state index contributed by atoms with van der Waals surface area (Å²) in [7, 11) is 0. The Balaban J connectivity index is 1.53. The van der Waals surface area contributed by atoms with E-state index in [-0.39, 0.29) is 19.1 Å². The molecule has 26 heavy (non-hydrogen) atoms. The third-order valence-corrected chi connectivity index (χ3v) is 4.52. The van der Waals surface area contributed by atoms with Crippen LogP contribution in [0.3, 0.4) is 0 Å². The second kappa shape index (κ2) is 8.23. The van der Waals surface area contributed by atoms with Gasteiger partial charge in [0.05, 0.1) is 5.92 Å². The van der Waals surface area contributed by atoms with Crippen molar-refractivity contribution in [2.75, 3.05) is 18.5 Å². The van der Waals surface area contributed by atoms with E-state index in [1.807, 2.05) is 31.2 Å². The second-order valence-electron chi connectivity index (χ2n) is 6.13. The van der Waals surface area contributed by atoms with E-state index in [2.05, 4.69) is 5.32 Å². The quantitative estimate of drug-likeness (QED) is 0.813. The summed E-state index contributed by atoms with van der Waals surface area (Å²) in [5.74, 6) is -0.530. The van der Waals surface area contributed by atoms with Crippen LogP contribution in [0.1, 0.15) is 18.1 Å². The first-order valence-corrected chi connectivity index (χ1v) is 8.90. The number of rotatable bonds is 5. The summed E-state index contributed by atoms with van der Waals surface area (Å²) in [5.41, 5.74) is 2.63. The van der Waals surface area contributed by atoms with E-state index in [1.165, 1.54) is 0 Å². The lowest BCUT2D eigenvalue weighted by atomic mass is 9.97. The lowest BCUT2D eigenvalue weighted by Gasteiger charge is -2.24. The summed E-state index contributed by atoms with van der Waals surface area (Å²) in [6.45, 7) is 1.92. The van der Waals surface area contributed by atoms with Crippen molar-refractivity contribution < 1.29 is 19.1 Å². The number of anilines is 1. The first kappa shape index (κ1) is 18.3. The summed E-state index contributed by atoms with van der Waals surface area (Å²) in [4.78, 5) is 24.3. The highest BCUT2D eigenvalue weighted by atomic mass is 35.5. The molecule has 1 amide bonds. The highest BCUT2D eigenvalue weighted by Crippen LogP contribution is 2.30. The van der Waals surface area contributed by atoms with E-state index < -0.39 is 11.9 Å². The number of nitrogens with one attached hydrogen (secondary N) is 1. The number of hydrogen-bond acceptors (Lipinski definition) is 4. The zero-order chi connectivity index (χ0) is 18.5. The SMILES string of the molecule is CCc1ccccc1NC(=O)COC(=O)[C@H]1COc2ccc(Cl)cc2C1. The molecule has 1 aliphatic heterocycles. The Kier molecular flexibility index (Phi) is 5.78. The van der Waals surface area contributed by atoms with Crippen molar-refractivity contribution >= 4 is 29.2 Å². The Morgan fingerprint density at radius 2 is 2.08 bits per heavy atom. The molecule has 2 aromatic rings. The molecule has 0 aromatic heterocycles. The largest absolute Gasteiger partial charge is 0.492 e. The number of amides is 1. The maximum atomic E-state index is 12.3. The minimum Gasteiger partial charge on any atom is -0.492 e. The van der Waals surface area contributed by atoms with Crippen LogP contribution in [0, 0.1) is 5.92 Å². The minimum atomic E-state index is -0.449. The summed E-state index contributed by atoms with van der Waals surface area (Å²) in [6, 6.07) is 12.9. The fourth-order valence-electron chi connectivity index (χ4n) is 2.91. The van der Waals surface area contributed by atoms with Crippen LogP contribution in [0.4, 0.5) is 5.69 Å². The molecule has 0 spiro atoms. The Labute approximate surface area is 157 Å². The van der Waals surface area contributed by atoms with Crippen LogP contribution >= 0.6 is 11.6 Å². The Hall–Kier alpha value is -2.53. The van der Waals surface area contributed by atoms with Crippen LogP contribution in [-0.4, -0.2) is 25.1 Å². The van der Waals surface area contributed by atoms with Gasteiger partial charge >= 0.3 is 5.97 Å². The molecule has 5 nitrogen and oxygen atoms in total. The number of esters is 1. The van der Waals surface area contributed by atoms with Gasteiger partial charge in [-0.25, -0.2) is 0 Å². The molecule has 1 heterocycles. The number of fused-ring (bicyclic) bond motifs is 1. The first-order chi connectivity index (χ1) is 12.6. The molecule has 0 fully saturated rings. The van der Waals surface area contributed by atoms with Gasteiger partial charge in [0.2, 0.25) is 0 Å². The standard InChI is InChI=1S/C20H20ClNO4/c1-2-13-5-3-4-6-17(13)22-19(23)12-26-20(24)15-9-14-10-16(21)7-8-18(14)25-11-15/h3-8,10,15H,2,9,11-12H2,1H3,(H,22,23)/t15-/m1/s1. The lowest BCUT2D eigenvalue weighted by Crippen LogP contribution is -2.32. The zero-order valence-corrected chi connectivity index (χ0v) is 15.2. The molecular weight excluding hydrogens is 354 g/mol. The molecule has 0 unspecified atom stereocenters. The molecule has 2 aromatic carbocycles. The second-order valence-corrected chi connectivity index (χ2v) is 6.57. The molecule has 0 bridgehead atoms. The van der Waals surface area contributed by atoms with Crippen molar-refractivity contribution in [2.45, 2.75) is 19.8 Å². The lowest BCUT2D eigenvalue weighted by molar-refractivity contribution is -0.152. The molecule has 136 valence electrons. The monoisotopic (exact) mass is 373 g/mol. The minimum absolute atomic E-state index is 0.230. The van der Waals surface area contributed by atoms with Gasteiger partial charge in [-0.2, -0.15) is 0 Å². The van der Waals surface area contributed by atoms with Gasteiger partial charge < -0.3 is 14.8 Å². The summed E-state index contributed by atoms with van der Waals surface area (Å²) < 4.78 is 10.8. The Morgan fingerprint density at radius 3 is 2.88 bits per heavy atom. The average Bonchev–Trinajstić information content (AvgIpc) is 2.66. The first-order valence-electron chi connectivity index (χ1n) is 8.52. The third kappa shape index (κ3) is 4.35. The number of para-hydroxylation sites is 1. The number of benzene rings is 2. The number of ether oxygens (including phenoxy) is 2. The van der Waals surface area contributed by atoms with Gasteiger partial charge in [0.15, 0.2) is 6.61 Å². The smallest absolute Gasteiger partial charge is 0.313 e. The maximum absolute atomic E-state index is 12.3. The molecule has 0 aliphatic carbocycles. The van der Waals surface area contributed by atoms with Crippen molar-refractivity contribution in [1.29, 1.82) is 0 Å². The number of carbonyl (C=O) groups is 2. The van der Waals surface area contributed by atoms with Gasteiger partial charge in [0, 0.05) is 10.7 Å². The number of hydrogen-bond donors (Lipinski definition) is 1. The fraction of sp³-hybridized carbons (Fsp3) is 0.300. The fourth-order valence-corrected chi connectivity index (χ4v) is 3.10. The normalized spacial score (nSPS) is 15.5. The topological polar surface area (TPSA) is 64.6 Å². The average molecular weight is 374 g/mol. The number of carbonyl (C=O) groups excluding carboxylic acids is 2. The summed E-state index contributed by atoms with van der Waals surface area (Å²) in [5, 5.41) is 3.37. The number of aryl methyl sites for hydroxylation is 1. The molecule has 1 aliphatic rings. The van der Waals surface area contributed by atoms with E-state index in [1.54, 1.807) is 18.2 Å². The highest BCUT2D eigenvalue weighted by molar-refractivity contribution is 6.30. The van der Waals surface area contributed by atoms with Gasteiger partial charge in [-0.3, -0.25) is 9.59 Å². The molecule has 0 radical (unpaired) electrons. The Morgan fingerprint density at radius 1 is 1.27 bits per heavy atom. The third-order valence-electron chi connectivity index (χ3n) is 4.28. The predicted molar refractivity (Wildman–Crippen MR) is 99.5 cm³/mol. The highest BCUT2D eigenvalue weighted by Gasteiger charge is 2.28. The van der Waals surface area contributed by atoms with Gasteiger partial charge in [0.1, 0.15) is 12.4 Å². The molecule has 3 rings (SSSR count). The zero-order valence-electron chi connectivity index (χ0n) is 14.5. The number of halogens is 1. The molecule has 1 atom stereocenters. The summed E-state index contributed by atoms with van der Waals surface area (Å²) in [6.07, 6.45) is 1.28. The van der Waals surface area contributed by atoms with E-state index in [4.69, 9.17) is 21.1 Å². The Bertz CT molecular complexity index is 821. The molecule has 1 N–H and O–H groups in total. The summed E-state index contributed by atoms with van der Waals surface area (Å²) >= 11 is 5.98. The van der Waals surface area contributed by atoms with Crippen LogP contribution in [0.5, 0.6) is 5.75 Å². The van der Waals surface area contributed by atoms with E-state index in [9.17, 15) is 9.59 Å². The van der Waals surface area contributed by atoms with Crippen LogP contribution in [0.25, 0.3) is 0 Å². The van der Waals surface area contributed by atoms with Crippen LogP contribution in [-0.2, 0) is 27.2 Å². The molecular formula is C20H20ClNO4. The van der Waals surface area contributed by atoms with Crippen LogP contribution in [0.15, 0.2) is 42.5 Å². The van der Waals surface area contributed by atoms with Crippen molar-refractivity contribution in [3.05, 3.63) is 58.6 Å². The van der Waals surface area contributed by atoms with Gasteiger partial charge in [-0.1, -0.05) is 36.7 Å². The van der Waals surface area contributed by atoms with Crippen LogP contribution < -0.4 is 10.1 Å². The van der Waals surface area contributed by atoms with E-state index in [0.717, 1.165) is 29.0 Å². The molecule has 0 saturated carbocycles. The molecule has 0 saturated heterocycles. The van der Waals surface area contributed by atoms with Crippen molar-refractivity contribution in [3.8, 4) is 5.75 Å². The van der Waals surface area contributed by atoms with Crippen molar-refractivity contribution in [1.82, 2.24) is 0 Å². The van der Waals surface area contributed by atoms with Crippen molar-refractivity contribution in [2.24, 2.45) is 5.92 Å². The maximum Gasteiger partial charge on any atom is 0.313 e. The van der Waals surface area contributed by atoms with Gasteiger partial charge in [-0.15, -0.1) is 0 Å². The van der Waals surface area contributed by atoms with Crippen molar-refractivity contribution in [3.63, 3.8) is 0 Å². The van der Waals surface area contributed by atoms with Gasteiger partial charge in [0.25, 0.3) is 5.91 Å². The molecule has 6 heteroatoms.